The van der Waals surface area contributed by atoms with E-state index in [1.165, 1.54) is 10.8 Å². The molecule has 30 heavy (non-hydrogen) atoms. The van der Waals surface area contributed by atoms with Crippen LogP contribution in [0.4, 0.5) is 19.0 Å². The number of benzene rings is 1. The van der Waals surface area contributed by atoms with Gasteiger partial charge in [-0.05, 0) is 37.9 Å². The monoisotopic (exact) mass is 436 g/mol. The first-order valence-electron chi connectivity index (χ1n) is 9.16. The Labute approximate surface area is 176 Å². The number of alkyl halides is 3. The van der Waals surface area contributed by atoms with E-state index in [-0.39, 0.29) is 23.2 Å². The number of anilines is 1. The van der Waals surface area contributed by atoms with Crippen LogP contribution in [0.1, 0.15) is 49.7 Å². The van der Waals surface area contributed by atoms with Gasteiger partial charge in [-0.25, -0.2) is 15.0 Å². The molecule has 1 aromatic carbocycles. The van der Waals surface area contributed by atoms with Crippen LogP contribution in [0, 0.1) is 5.41 Å². The van der Waals surface area contributed by atoms with E-state index in [1.807, 2.05) is 19.1 Å². The van der Waals surface area contributed by atoms with Crippen molar-refractivity contribution in [1.29, 1.82) is 5.41 Å². The minimum Gasteiger partial charge on any atom is -0.363 e. The van der Waals surface area contributed by atoms with Crippen LogP contribution in [-0.2, 0) is 6.18 Å². The van der Waals surface area contributed by atoms with E-state index < -0.39 is 11.9 Å². The fourth-order valence-electron chi connectivity index (χ4n) is 2.94. The van der Waals surface area contributed by atoms with Gasteiger partial charge in [0.15, 0.2) is 5.69 Å². The summed E-state index contributed by atoms with van der Waals surface area (Å²) in [4.78, 5) is 11.8. The molecule has 0 aliphatic carbocycles. The molecule has 10 heteroatoms. The minimum absolute atomic E-state index is 0.0617. The Hall–Kier alpha value is -2.94. The van der Waals surface area contributed by atoms with E-state index in [4.69, 9.17) is 17.0 Å². The summed E-state index contributed by atoms with van der Waals surface area (Å²) in [6.45, 7) is 5.51. The summed E-state index contributed by atoms with van der Waals surface area (Å²) < 4.78 is 40.8. The second-order valence-corrected chi connectivity index (χ2v) is 7.36. The molecule has 2 heterocycles. The molecule has 1 atom stereocenters. The molecule has 3 rings (SSSR count). The number of rotatable bonds is 6. The number of aromatic nitrogens is 4. The number of hydrogen-bond acceptors (Lipinski definition) is 5. The van der Waals surface area contributed by atoms with Gasteiger partial charge >= 0.3 is 6.18 Å². The third-order valence-electron chi connectivity index (χ3n) is 4.54. The van der Waals surface area contributed by atoms with E-state index in [0.717, 1.165) is 18.0 Å². The van der Waals surface area contributed by atoms with E-state index >= 15 is 0 Å². The van der Waals surface area contributed by atoms with Crippen LogP contribution in [0.5, 0.6) is 0 Å². The summed E-state index contributed by atoms with van der Waals surface area (Å²) in [5.41, 5.74) is 1.04. The third-order valence-corrected chi connectivity index (χ3v) is 4.73. The second kappa shape index (κ2) is 8.43. The molecule has 0 radical (unpaired) electrons. The lowest BCUT2D eigenvalue weighted by molar-refractivity contribution is -0.140. The zero-order valence-electron chi connectivity index (χ0n) is 16.5. The average Bonchev–Trinajstić information content (AvgIpc) is 3.14. The molecular weight excluding hydrogens is 417 g/mol. The van der Waals surface area contributed by atoms with Gasteiger partial charge in [-0.2, -0.15) is 13.2 Å². The van der Waals surface area contributed by atoms with E-state index in [0.29, 0.717) is 16.9 Å². The molecular formula is C20H20ClF3N6. The Kier molecular flexibility index (Phi) is 6.12. The van der Waals surface area contributed by atoms with Gasteiger partial charge in [0.2, 0.25) is 5.28 Å². The predicted octanol–water partition coefficient (Wildman–Crippen LogP) is 5.76. The summed E-state index contributed by atoms with van der Waals surface area (Å²) in [5.74, 6) is 0.685. The summed E-state index contributed by atoms with van der Waals surface area (Å²) in [7, 11) is 0. The van der Waals surface area contributed by atoms with Crippen molar-refractivity contribution < 1.29 is 13.2 Å². The first kappa shape index (κ1) is 21.8. The SMILES string of the molecule is CC(C)n1cc(C(F)(F)F)nc1-c1ccc([C@H](C)Nc2nc(Cl)ncc2C=N)cc1. The first-order chi connectivity index (χ1) is 14.1. The molecule has 2 aromatic heterocycles. The summed E-state index contributed by atoms with van der Waals surface area (Å²) in [6.07, 6.45) is -0.891. The number of hydrogen-bond donors (Lipinski definition) is 2. The van der Waals surface area contributed by atoms with Crippen LogP contribution in [0.3, 0.4) is 0 Å². The lowest BCUT2D eigenvalue weighted by Crippen LogP contribution is -2.10. The van der Waals surface area contributed by atoms with Gasteiger partial charge in [-0.15, -0.1) is 0 Å². The van der Waals surface area contributed by atoms with Crippen LogP contribution in [0.25, 0.3) is 11.4 Å². The number of imidazole rings is 1. The summed E-state index contributed by atoms with van der Waals surface area (Å²) >= 11 is 5.84. The van der Waals surface area contributed by atoms with Gasteiger partial charge in [0.25, 0.3) is 0 Å². The molecule has 0 fully saturated rings. The van der Waals surface area contributed by atoms with Crippen LogP contribution >= 0.6 is 11.6 Å². The molecule has 6 nitrogen and oxygen atoms in total. The van der Waals surface area contributed by atoms with Crippen molar-refractivity contribution in [2.75, 3.05) is 5.32 Å². The van der Waals surface area contributed by atoms with Crippen molar-refractivity contribution in [1.82, 2.24) is 19.5 Å². The molecule has 0 unspecified atom stereocenters. The van der Waals surface area contributed by atoms with Crippen molar-refractivity contribution >= 4 is 23.6 Å². The Balaban J connectivity index is 1.88. The average molecular weight is 437 g/mol. The second-order valence-electron chi connectivity index (χ2n) is 7.02. The molecule has 0 aliphatic heterocycles. The highest BCUT2D eigenvalue weighted by Crippen LogP contribution is 2.33. The van der Waals surface area contributed by atoms with Crippen molar-refractivity contribution in [3.63, 3.8) is 0 Å². The van der Waals surface area contributed by atoms with Gasteiger partial charge in [0, 0.05) is 36.3 Å². The van der Waals surface area contributed by atoms with Gasteiger partial charge in [0.1, 0.15) is 11.6 Å². The zero-order chi connectivity index (χ0) is 22.1. The zero-order valence-corrected chi connectivity index (χ0v) is 17.3. The van der Waals surface area contributed by atoms with Crippen molar-refractivity contribution in [3.05, 3.63) is 58.8 Å². The van der Waals surface area contributed by atoms with Gasteiger partial charge in [-0.3, -0.25) is 0 Å². The van der Waals surface area contributed by atoms with Gasteiger partial charge in [-0.1, -0.05) is 24.3 Å². The van der Waals surface area contributed by atoms with Crippen LogP contribution < -0.4 is 5.32 Å². The Morgan fingerprint density at radius 1 is 1.13 bits per heavy atom. The fourth-order valence-corrected chi connectivity index (χ4v) is 3.07. The molecule has 0 bridgehead atoms. The fraction of sp³-hybridized carbons (Fsp3) is 0.300. The maximum atomic E-state index is 13.1. The highest BCUT2D eigenvalue weighted by molar-refractivity contribution is 6.28. The van der Waals surface area contributed by atoms with Crippen LogP contribution in [0.15, 0.2) is 36.7 Å². The van der Waals surface area contributed by atoms with E-state index in [1.54, 1.807) is 26.0 Å². The quantitative estimate of drug-likeness (QED) is 0.380. The number of nitrogens with zero attached hydrogens (tertiary/aromatic N) is 4. The maximum Gasteiger partial charge on any atom is 0.434 e. The summed E-state index contributed by atoms with van der Waals surface area (Å²) in [6, 6.07) is 6.72. The van der Waals surface area contributed by atoms with Crippen LogP contribution in [-0.4, -0.2) is 25.7 Å². The Bertz CT molecular complexity index is 1040. The lowest BCUT2D eigenvalue weighted by atomic mass is 10.1. The predicted molar refractivity (Wildman–Crippen MR) is 110 cm³/mol. The molecule has 0 saturated heterocycles. The van der Waals surface area contributed by atoms with Gasteiger partial charge in [0.05, 0.1) is 5.56 Å². The standard InChI is InChI=1S/C20H20ClF3N6/c1-11(2)30-10-16(20(22,23)24)28-18(30)14-6-4-13(5-7-14)12(3)27-17-15(8-25)9-26-19(21)29-17/h4-12,25H,1-3H3,(H,26,27,29)/t12-/m0/s1. The molecule has 158 valence electrons. The maximum absolute atomic E-state index is 13.1. The molecule has 0 spiro atoms. The summed E-state index contributed by atoms with van der Waals surface area (Å²) in [5, 5.41) is 10.7. The topological polar surface area (TPSA) is 79.5 Å². The van der Waals surface area contributed by atoms with E-state index in [2.05, 4.69) is 20.3 Å². The number of halogens is 4. The molecule has 2 N–H and O–H groups in total. The molecule has 3 aromatic rings. The third kappa shape index (κ3) is 4.62. The lowest BCUT2D eigenvalue weighted by Gasteiger charge is -2.17. The highest BCUT2D eigenvalue weighted by atomic mass is 35.5. The highest BCUT2D eigenvalue weighted by Gasteiger charge is 2.35. The largest absolute Gasteiger partial charge is 0.434 e. The van der Waals surface area contributed by atoms with E-state index in [9.17, 15) is 13.2 Å². The Morgan fingerprint density at radius 3 is 2.37 bits per heavy atom. The Morgan fingerprint density at radius 2 is 1.80 bits per heavy atom. The minimum atomic E-state index is -4.50. The normalized spacial score (nSPS) is 12.8. The molecule has 0 saturated carbocycles. The molecule has 0 aliphatic rings. The molecule has 0 amide bonds. The van der Waals surface area contributed by atoms with Crippen molar-refractivity contribution in [2.24, 2.45) is 0 Å². The van der Waals surface area contributed by atoms with Crippen molar-refractivity contribution in [2.45, 2.75) is 39.0 Å². The first-order valence-corrected chi connectivity index (χ1v) is 9.54. The number of nitrogens with one attached hydrogen (secondary N) is 2. The van der Waals surface area contributed by atoms with Crippen molar-refractivity contribution in [3.8, 4) is 11.4 Å². The smallest absolute Gasteiger partial charge is 0.363 e. The van der Waals surface area contributed by atoms with Gasteiger partial charge < -0.3 is 15.3 Å². The van der Waals surface area contributed by atoms with Crippen LogP contribution in [0.2, 0.25) is 5.28 Å².